The second-order valence-electron chi connectivity index (χ2n) is 8.43. The van der Waals surface area contributed by atoms with Crippen molar-refractivity contribution >= 4 is 39.2 Å². The minimum Gasteiger partial charge on any atom is -0.486 e. The first-order valence-corrected chi connectivity index (χ1v) is 12.4. The number of carbonyl (C=O) groups is 1. The molecule has 0 unspecified atom stereocenters. The van der Waals surface area contributed by atoms with Crippen LogP contribution in [0.25, 0.3) is 10.2 Å². The lowest BCUT2D eigenvalue weighted by molar-refractivity contribution is 0.0849. The van der Waals surface area contributed by atoms with E-state index in [4.69, 9.17) is 21.1 Å². The maximum Gasteiger partial charge on any atom is 0.407 e. The molecule has 4 heterocycles. The Morgan fingerprint density at radius 1 is 1.18 bits per heavy atom. The molecule has 0 saturated carbocycles. The molecule has 0 bridgehead atoms. The number of carboxylic acid groups (broad SMARTS) is 1. The third-order valence-electron chi connectivity index (χ3n) is 6.33. The van der Waals surface area contributed by atoms with Crippen LogP contribution in [0.4, 0.5) is 4.79 Å². The molecule has 2 aliphatic heterocycles. The fourth-order valence-electron chi connectivity index (χ4n) is 4.55. The number of pyridine rings is 1. The molecular formula is C23H25ClN4O5S. The highest BCUT2D eigenvalue weighted by atomic mass is 35.5. The number of benzene rings is 1. The van der Waals surface area contributed by atoms with Crippen LogP contribution >= 0.6 is 22.9 Å². The largest absolute Gasteiger partial charge is 0.486 e. The number of aromatic nitrogens is 2. The zero-order chi connectivity index (χ0) is 23.7. The van der Waals surface area contributed by atoms with Crippen LogP contribution in [0.3, 0.4) is 0 Å². The second kappa shape index (κ2) is 9.81. The molecule has 2 aromatic heterocycles. The Morgan fingerprint density at radius 3 is 2.71 bits per heavy atom. The zero-order valence-corrected chi connectivity index (χ0v) is 20.1. The first-order chi connectivity index (χ1) is 16.5. The van der Waals surface area contributed by atoms with Gasteiger partial charge in [0.2, 0.25) is 0 Å². The van der Waals surface area contributed by atoms with Gasteiger partial charge in [0.05, 0.1) is 28.7 Å². The predicted octanol–water partition coefficient (Wildman–Crippen LogP) is 3.53. The summed E-state index contributed by atoms with van der Waals surface area (Å²) in [6.07, 6.45) is 2.09. The van der Waals surface area contributed by atoms with E-state index in [9.17, 15) is 14.7 Å². The molecule has 0 radical (unpaired) electrons. The highest BCUT2D eigenvalue weighted by molar-refractivity contribution is 7.16. The van der Waals surface area contributed by atoms with Crippen LogP contribution in [0.5, 0.6) is 11.5 Å². The van der Waals surface area contributed by atoms with Crippen LogP contribution in [0.1, 0.15) is 18.5 Å². The van der Waals surface area contributed by atoms with Crippen LogP contribution in [-0.4, -0.2) is 69.4 Å². The van der Waals surface area contributed by atoms with Gasteiger partial charge in [0.1, 0.15) is 13.2 Å². The number of rotatable bonds is 6. The monoisotopic (exact) mass is 504 g/mol. The van der Waals surface area contributed by atoms with Gasteiger partial charge in [-0.15, -0.1) is 0 Å². The smallest absolute Gasteiger partial charge is 0.407 e. The number of fused-ring (bicyclic) bond motifs is 2. The Labute approximate surface area is 205 Å². The molecule has 3 aromatic rings. The Bertz CT molecular complexity index is 1250. The standard InChI is InChI=1S/C23H25ClN4O5S/c24-15-1-2-21-18(11-15)27(23(31)34-21)8-7-26-5-3-17(4-6-26)28(22(29)30)14-16-12-19-20(13-25-16)33-10-9-32-19/h1-2,11-13,17H,3-10,14H2,(H,29,30). The molecule has 0 spiro atoms. The molecule has 1 saturated heterocycles. The Morgan fingerprint density at radius 2 is 1.94 bits per heavy atom. The van der Waals surface area contributed by atoms with E-state index < -0.39 is 6.09 Å². The summed E-state index contributed by atoms with van der Waals surface area (Å²) in [7, 11) is 0. The summed E-state index contributed by atoms with van der Waals surface area (Å²) in [5.74, 6) is 1.19. The Kier molecular flexibility index (Phi) is 6.62. The normalized spacial score (nSPS) is 16.6. The van der Waals surface area contributed by atoms with Gasteiger partial charge in [-0.25, -0.2) is 4.79 Å². The molecule has 9 nitrogen and oxygen atoms in total. The quantitative estimate of drug-likeness (QED) is 0.548. The Hall–Kier alpha value is -2.82. The van der Waals surface area contributed by atoms with E-state index in [1.54, 1.807) is 22.9 Å². The van der Waals surface area contributed by atoms with Gasteiger partial charge in [-0.05, 0) is 31.0 Å². The van der Waals surface area contributed by atoms with Crippen LogP contribution in [0, 0.1) is 0 Å². The minimum atomic E-state index is -0.955. The third kappa shape index (κ3) is 4.84. The summed E-state index contributed by atoms with van der Waals surface area (Å²) in [6.45, 7) is 3.99. The van der Waals surface area contributed by atoms with Gasteiger partial charge in [0.25, 0.3) is 0 Å². The fraction of sp³-hybridized carbons (Fsp3) is 0.435. The fourth-order valence-corrected chi connectivity index (χ4v) is 5.61. The molecular weight excluding hydrogens is 480 g/mol. The van der Waals surface area contributed by atoms with Gasteiger partial charge < -0.3 is 19.5 Å². The van der Waals surface area contributed by atoms with E-state index >= 15 is 0 Å². The summed E-state index contributed by atoms with van der Waals surface area (Å²) in [6, 6.07) is 7.17. The van der Waals surface area contributed by atoms with Gasteiger partial charge >= 0.3 is 11.0 Å². The van der Waals surface area contributed by atoms with E-state index in [1.165, 1.54) is 16.2 Å². The first kappa shape index (κ1) is 22.9. The van der Waals surface area contributed by atoms with E-state index in [0.717, 1.165) is 42.7 Å². The number of hydrogen-bond donors (Lipinski definition) is 1. The number of ether oxygens (including phenoxy) is 2. The molecule has 2 aliphatic rings. The van der Waals surface area contributed by atoms with Crippen LogP contribution in [0.2, 0.25) is 5.02 Å². The summed E-state index contributed by atoms with van der Waals surface area (Å²) in [5, 5.41) is 10.5. The summed E-state index contributed by atoms with van der Waals surface area (Å²) >= 11 is 7.35. The van der Waals surface area contributed by atoms with Gasteiger partial charge in [-0.3, -0.25) is 19.2 Å². The van der Waals surface area contributed by atoms with E-state index in [-0.39, 0.29) is 17.5 Å². The summed E-state index contributed by atoms with van der Waals surface area (Å²) < 4.78 is 13.8. The van der Waals surface area contributed by atoms with Crippen molar-refractivity contribution in [1.29, 1.82) is 0 Å². The number of piperidine rings is 1. The third-order valence-corrected chi connectivity index (χ3v) is 7.53. The average Bonchev–Trinajstić information content (AvgIpc) is 3.15. The van der Waals surface area contributed by atoms with Crippen LogP contribution < -0.4 is 14.3 Å². The lowest BCUT2D eigenvalue weighted by atomic mass is 10.0. The highest BCUT2D eigenvalue weighted by Gasteiger charge is 2.29. The Balaban J connectivity index is 1.19. The molecule has 180 valence electrons. The average molecular weight is 505 g/mol. The van der Waals surface area contributed by atoms with Gasteiger partial charge in [-0.1, -0.05) is 22.9 Å². The number of nitrogens with zero attached hydrogens (tertiary/aromatic N) is 4. The first-order valence-electron chi connectivity index (χ1n) is 11.2. The van der Waals surface area contributed by atoms with Crippen molar-refractivity contribution in [3.63, 3.8) is 0 Å². The number of likely N-dealkylation sites (tertiary alicyclic amines) is 1. The van der Waals surface area contributed by atoms with Crippen molar-refractivity contribution in [3.8, 4) is 11.5 Å². The van der Waals surface area contributed by atoms with Gasteiger partial charge in [-0.2, -0.15) is 0 Å². The molecule has 1 aromatic carbocycles. The molecule has 1 fully saturated rings. The van der Waals surface area contributed by atoms with Gasteiger partial charge in [0.15, 0.2) is 11.5 Å². The molecule has 34 heavy (non-hydrogen) atoms. The van der Waals surface area contributed by atoms with Crippen molar-refractivity contribution in [2.45, 2.75) is 32.0 Å². The van der Waals surface area contributed by atoms with Crippen LogP contribution in [-0.2, 0) is 13.1 Å². The molecule has 5 rings (SSSR count). The van der Waals surface area contributed by atoms with Crippen molar-refractivity contribution in [1.82, 2.24) is 19.4 Å². The lowest BCUT2D eigenvalue weighted by Gasteiger charge is -2.37. The highest BCUT2D eigenvalue weighted by Crippen LogP contribution is 2.30. The number of halogens is 1. The molecule has 0 atom stereocenters. The van der Waals surface area contributed by atoms with E-state index in [2.05, 4.69) is 9.88 Å². The van der Waals surface area contributed by atoms with Crippen molar-refractivity contribution < 1.29 is 19.4 Å². The van der Waals surface area contributed by atoms with Crippen molar-refractivity contribution in [2.24, 2.45) is 0 Å². The second-order valence-corrected chi connectivity index (χ2v) is 9.86. The maximum atomic E-state index is 12.4. The molecule has 11 heteroatoms. The SMILES string of the molecule is O=C(O)N(Cc1cc2c(cn1)OCCO2)C1CCN(CCn2c(=O)sc3ccc(Cl)cc32)CC1. The van der Waals surface area contributed by atoms with Crippen LogP contribution in [0.15, 0.2) is 35.3 Å². The zero-order valence-electron chi connectivity index (χ0n) is 18.5. The maximum absolute atomic E-state index is 12.4. The topological polar surface area (TPSA) is 97.1 Å². The number of amides is 1. The minimum absolute atomic E-state index is 0.0103. The van der Waals surface area contributed by atoms with Gasteiger partial charge in [0, 0.05) is 43.3 Å². The number of thiazole rings is 1. The van der Waals surface area contributed by atoms with Crippen molar-refractivity contribution in [3.05, 3.63) is 50.8 Å². The summed E-state index contributed by atoms with van der Waals surface area (Å²) in [5.41, 5.74) is 1.50. The molecule has 1 amide bonds. The van der Waals surface area contributed by atoms with E-state index in [0.29, 0.717) is 42.0 Å². The molecule has 0 aliphatic carbocycles. The van der Waals surface area contributed by atoms with Crippen molar-refractivity contribution in [2.75, 3.05) is 32.8 Å². The molecule has 1 N–H and O–H groups in total. The number of hydrogen-bond acceptors (Lipinski definition) is 7. The van der Waals surface area contributed by atoms with E-state index in [1.807, 2.05) is 12.1 Å². The predicted molar refractivity (Wildman–Crippen MR) is 129 cm³/mol. The summed E-state index contributed by atoms with van der Waals surface area (Å²) in [4.78, 5) is 32.6. The lowest BCUT2D eigenvalue weighted by Crippen LogP contribution is -2.47.